The lowest BCUT2D eigenvalue weighted by Gasteiger charge is -2.42. The Hall–Kier alpha value is -1.84. The first kappa shape index (κ1) is 16.6. The summed E-state index contributed by atoms with van der Waals surface area (Å²) >= 11 is 0. The highest BCUT2D eigenvalue weighted by Crippen LogP contribution is 2.50. The van der Waals surface area contributed by atoms with Gasteiger partial charge in [0.15, 0.2) is 0 Å². The van der Waals surface area contributed by atoms with Crippen LogP contribution in [0.4, 0.5) is 0 Å². The number of hydrogen-bond acceptors (Lipinski definition) is 3. The van der Waals surface area contributed by atoms with Crippen LogP contribution in [0.5, 0.6) is 5.75 Å². The largest absolute Gasteiger partial charge is 0.496 e. The van der Waals surface area contributed by atoms with Crippen LogP contribution in [0.3, 0.4) is 0 Å². The molecule has 3 atom stereocenters. The molecule has 1 saturated carbocycles. The Morgan fingerprint density at radius 3 is 2.64 bits per heavy atom. The highest BCUT2D eigenvalue weighted by molar-refractivity contribution is 5.39. The van der Waals surface area contributed by atoms with Gasteiger partial charge >= 0.3 is 0 Å². The molecule has 2 aromatic rings. The maximum Gasteiger partial charge on any atom is 0.124 e. The van der Waals surface area contributed by atoms with Crippen LogP contribution in [-0.2, 0) is 12.1 Å². The molecule has 3 heteroatoms. The molecule has 1 aliphatic heterocycles. The van der Waals surface area contributed by atoms with E-state index >= 15 is 0 Å². The van der Waals surface area contributed by atoms with E-state index in [4.69, 9.17) is 4.74 Å². The predicted molar refractivity (Wildman–Crippen MR) is 99.4 cm³/mol. The Morgan fingerprint density at radius 2 is 1.84 bits per heavy atom. The Kier molecular flexibility index (Phi) is 4.53. The third-order valence-electron chi connectivity index (χ3n) is 6.09. The molecule has 0 amide bonds. The molecule has 2 aliphatic rings. The van der Waals surface area contributed by atoms with Gasteiger partial charge in [0, 0.05) is 31.1 Å². The number of fused-ring (bicyclic) bond motifs is 1. The zero-order valence-corrected chi connectivity index (χ0v) is 14.9. The van der Waals surface area contributed by atoms with Crippen LogP contribution in [-0.4, -0.2) is 30.2 Å². The summed E-state index contributed by atoms with van der Waals surface area (Å²) in [5, 5.41) is 11.7. The van der Waals surface area contributed by atoms with E-state index in [9.17, 15) is 5.11 Å². The van der Waals surface area contributed by atoms with Crippen LogP contribution in [0, 0.1) is 11.8 Å². The number of methoxy groups -OCH3 is 1. The fourth-order valence-corrected chi connectivity index (χ4v) is 4.92. The van der Waals surface area contributed by atoms with Crippen molar-refractivity contribution in [2.75, 3.05) is 20.2 Å². The van der Waals surface area contributed by atoms with Crippen molar-refractivity contribution in [1.82, 2.24) is 4.90 Å². The molecule has 0 aromatic heterocycles. The van der Waals surface area contributed by atoms with E-state index in [-0.39, 0.29) is 5.92 Å². The van der Waals surface area contributed by atoms with Gasteiger partial charge in [-0.05, 0) is 36.8 Å². The lowest BCUT2D eigenvalue weighted by atomic mass is 9.67. The number of rotatable bonds is 4. The summed E-state index contributed by atoms with van der Waals surface area (Å²) in [5.41, 5.74) is 1.54. The maximum absolute atomic E-state index is 11.7. The van der Waals surface area contributed by atoms with Crippen LogP contribution >= 0.6 is 0 Å². The van der Waals surface area contributed by atoms with Gasteiger partial charge in [0.2, 0.25) is 0 Å². The molecule has 2 fully saturated rings. The lowest BCUT2D eigenvalue weighted by Crippen LogP contribution is -2.43. The molecule has 1 heterocycles. The fourth-order valence-electron chi connectivity index (χ4n) is 4.92. The first-order valence-electron chi connectivity index (χ1n) is 9.33. The number of benzene rings is 2. The molecule has 1 saturated heterocycles. The summed E-state index contributed by atoms with van der Waals surface area (Å²) < 4.78 is 5.56. The molecule has 0 bridgehead atoms. The fraction of sp³-hybridized carbons (Fsp3) is 0.455. The normalized spacial score (nSPS) is 29.4. The van der Waals surface area contributed by atoms with Crippen molar-refractivity contribution in [3.63, 3.8) is 0 Å². The standard InChI is InChI=1S/C22H27NO2/c1-25-21-12-6-5-11-19(21)22(24)13-7-10-18-15-23(16-20(18)22)14-17-8-3-2-4-9-17/h2-6,8-9,11-12,18,20,24H,7,10,13-16H2,1H3. The van der Waals surface area contributed by atoms with Crippen LogP contribution < -0.4 is 4.74 Å². The lowest BCUT2D eigenvalue weighted by molar-refractivity contribution is -0.0662. The van der Waals surface area contributed by atoms with E-state index in [2.05, 4.69) is 35.2 Å². The first-order chi connectivity index (χ1) is 12.2. The average molecular weight is 337 g/mol. The van der Waals surface area contributed by atoms with Crippen molar-refractivity contribution < 1.29 is 9.84 Å². The topological polar surface area (TPSA) is 32.7 Å². The van der Waals surface area contributed by atoms with Gasteiger partial charge in [0.05, 0.1) is 12.7 Å². The summed E-state index contributed by atoms with van der Waals surface area (Å²) in [6.45, 7) is 3.00. The first-order valence-corrected chi connectivity index (χ1v) is 9.33. The summed E-state index contributed by atoms with van der Waals surface area (Å²) in [6.07, 6.45) is 3.12. The molecule has 2 aromatic carbocycles. The monoisotopic (exact) mass is 337 g/mol. The molecule has 0 radical (unpaired) electrons. The molecular formula is C22H27NO2. The molecule has 25 heavy (non-hydrogen) atoms. The average Bonchev–Trinajstić information content (AvgIpc) is 3.07. The number of nitrogens with zero attached hydrogens (tertiary/aromatic N) is 1. The highest BCUT2D eigenvalue weighted by Gasteiger charge is 2.50. The van der Waals surface area contributed by atoms with Crippen LogP contribution in [0.2, 0.25) is 0 Å². The van der Waals surface area contributed by atoms with Crippen LogP contribution in [0.15, 0.2) is 54.6 Å². The molecule has 0 spiro atoms. The van der Waals surface area contributed by atoms with Gasteiger partial charge < -0.3 is 9.84 Å². The van der Waals surface area contributed by atoms with E-state index < -0.39 is 5.60 Å². The minimum Gasteiger partial charge on any atom is -0.496 e. The van der Waals surface area contributed by atoms with E-state index in [1.165, 1.54) is 12.0 Å². The van der Waals surface area contributed by atoms with E-state index in [1.54, 1.807) is 7.11 Å². The van der Waals surface area contributed by atoms with Crippen molar-refractivity contribution in [2.24, 2.45) is 11.8 Å². The van der Waals surface area contributed by atoms with Gasteiger partial charge in [-0.15, -0.1) is 0 Å². The summed E-state index contributed by atoms with van der Waals surface area (Å²) in [5.74, 6) is 1.65. The Labute approximate surface area is 150 Å². The van der Waals surface area contributed by atoms with Gasteiger partial charge in [-0.2, -0.15) is 0 Å². The van der Waals surface area contributed by atoms with Crippen LogP contribution in [0.1, 0.15) is 30.4 Å². The SMILES string of the molecule is COc1ccccc1C1(O)CCCC2CN(Cc3ccccc3)CC21. The molecule has 1 N–H and O–H groups in total. The van der Waals surface area contributed by atoms with Crippen molar-refractivity contribution in [3.8, 4) is 5.75 Å². The Balaban J connectivity index is 1.59. The Bertz CT molecular complexity index is 717. The Morgan fingerprint density at radius 1 is 1.08 bits per heavy atom. The molecule has 3 nitrogen and oxygen atoms in total. The number of ether oxygens (including phenoxy) is 1. The number of para-hydroxylation sites is 1. The third kappa shape index (κ3) is 3.07. The highest BCUT2D eigenvalue weighted by atomic mass is 16.5. The number of likely N-dealkylation sites (tertiary alicyclic amines) is 1. The van der Waals surface area contributed by atoms with Crippen molar-refractivity contribution in [3.05, 3.63) is 65.7 Å². The summed E-state index contributed by atoms with van der Waals surface area (Å²) in [4.78, 5) is 2.51. The zero-order valence-electron chi connectivity index (χ0n) is 14.9. The van der Waals surface area contributed by atoms with Crippen molar-refractivity contribution >= 4 is 0 Å². The quantitative estimate of drug-likeness (QED) is 0.921. The number of aliphatic hydroxyl groups is 1. The molecule has 132 valence electrons. The van der Waals surface area contributed by atoms with Gasteiger partial charge in [-0.3, -0.25) is 4.90 Å². The maximum atomic E-state index is 11.7. The van der Waals surface area contributed by atoms with Gasteiger partial charge in [-0.25, -0.2) is 0 Å². The summed E-state index contributed by atoms with van der Waals surface area (Å²) in [6, 6.07) is 18.6. The number of hydrogen-bond donors (Lipinski definition) is 1. The second kappa shape index (κ2) is 6.81. The molecule has 3 unspecified atom stereocenters. The predicted octanol–water partition coefficient (Wildman–Crippen LogP) is 3.81. The van der Waals surface area contributed by atoms with E-state index in [0.717, 1.165) is 43.8 Å². The third-order valence-corrected chi connectivity index (χ3v) is 6.09. The van der Waals surface area contributed by atoms with Gasteiger partial charge in [0.25, 0.3) is 0 Å². The van der Waals surface area contributed by atoms with E-state index in [0.29, 0.717) is 5.92 Å². The molecular weight excluding hydrogens is 310 g/mol. The molecule has 4 rings (SSSR count). The minimum atomic E-state index is -0.777. The second-order valence-corrected chi connectivity index (χ2v) is 7.56. The zero-order chi connectivity index (χ0) is 17.3. The smallest absolute Gasteiger partial charge is 0.124 e. The second-order valence-electron chi connectivity index (χ2n) is 7.56. The van der Waals surface area contributed by atoms with Crippen molar-refractivity contribution in [1.29, 1.82) is 0 Å². The van der Waals surface area contributed by atoms with E-state index in [1.807, 2.05) is 24.3 Å². The summed E-state index contributed by atoms with van der Waals surface area (Å²) in [7, 11) is 1.69. The van der Waals surface area contributed by atoms with Gasteiger partial charge in [0.1, 0.15) is 5.75 Å². The molecule has 1 aliphatic carbocycles. The van der Waals surface area contributed by atoms with Gasteiger partial charge in [-0.1, -0.05) is 48.5 Å². The minimum absolute atomic E-state index is 0.279. The van der Waals surface area contributed by atoms with Crippen LogP contribution in [0.25, 0.3) is 0 Å². The van der Waals surface area contributed by atoms with Crippen molar-refractivity contribution in [2.45, 2.75) is 31.4 Å².